The van der Waals surface area contributed by atoms with Crippen molar-refractivity contribution in [1.29, 1.82) is 0 Å². The quantitative estimate of drug-likeness (QED) is 0.518. The van der Waals surface area contributed by atoms with Gasteiger partial charge in [0.15, 0.2) is 6.61 Å². The zero-order chi connectivity index (χ0) is 11.8. The molecule has 0 saturated carbocycles. The molecule has 88 valence electrons. The zero-order valence-corrected chi connectivity index (χ0v) is 12.7. The topological polar surface area (TPSA) is 38.3 Å². The molecule has 0 aromatic heterocycles. The molecule has 1 amide bonds. The average molecular weight is 300 g/mol. The first kappa shape index (κ1) is 16.9. The van der Waals surface area contributed by atoms with Crippen LogP contribution in [-0.2, 0) is 4.74 Å². The molecule has 17 heavy (non-hydrogen) atoms. The summed E-state index contributed by atoms with van der Waals surface area (Å²) in [7, 11) is 0. The summed E-state index contributed by atoms with van der Waals surface area (Å²) in [6.07, 6.45) is -0.578. The third-order valence-corrected chi connectivity index (χ3v) is 1.91. The van der Waals surface area contributed by atoms with Crippen LogP contribution in [0.25, 0.3) is 0 Å². The van der Waals surface area contributed by atoms with Crippen molar-refractivity contribution in [3.63, 3.8) is 0 Å². The Bertz CT molecular complexity index is 438. The summed E-state index contributed by atoms with van der Waals surface area (Å²) in [4.78, 5) is 11.2. The molecule has 0 aliphatic heterocycles. The van der Waals surface area contributed by atoms with Crippen LogP contribution < -0.4 is 5.32 Å². The third-order valence-electron chi connectivity index (χ3n) is 1.54. The van der Waals surface area contributed by atoms with Crippen LogP contribution in [0.5, 0.6) is 0 Å². The molecule has 0 aliphatic rings. The molecule has 0 fully saturated rings. The van der Waals surface area contributed by atoms with Crippen LogP contribution >= 0.6 is 23.2 Å². The summed E-state index contributed by atoms with van der Waals surface area (Å²) in [5, 5.41) is 3.05. The first-order valence-corrected chi connectivity index (χ1v) is 5.34. The number of hydrogen-bond donors (Lipinski definition) is 1. The molecule has 0 bridgehead atoms. The summed E-state index contributed by atoms with van der Waals surface area (Å²) in [5.41, 5.74) is 0.572. The predicted molar refractivity (Wildman–Crippen MR) is 72.9 cm³/mol. The minimum atomic E-state index is -0.578. The number of halogens is 2. The van der Waals surface area contributed by atoms with Crippen molar-refractivity contribution in [2.75, 3.05) is 17.8 Å². The van der Waals surface area contributed by atoms with Crippen molar-refractivity contribution >= 4 is 72.7 Å². The molecule has 0 aliphatic carbocycles. The van der Waals surface area contributed by atoms with E-state index < -0.39 is 6.09 Å². The Kier molecular flexibility index (Phi) is 9.81. The van der Waals surface area contributed by atoms with Gasteiger partial charge in [-0.3, -0.25) is 5.32 Å². The van der Waals surface area contributed by atoms with Crippen LogP contribution in [0.3, 0.4) is 0 Å². The molecule has 0 spiro atoms. The van der Waals surface area contributed by atoms with Crippen LogP contribution in [0.2, 0.25) is 5.02 Å². The van der Waals surface area contributed by atoms with Crippen molar-refractivity contribution in [1.82, 2.24) is 0 Å². The summed E-state index contributed by atoms with van der Waals surface area (Å²) in [6.45, 7) is 0.0130. The van der Waals surface area contributed by atoms with Crippen molar-refractivity contribution in [3.05, 3.63) is 29.3 Å². The van der Waals surface area contributed by atoms with Gasteiger partial charge in [0.25, 0.3) is 0 Å². The maximum atomic E-state index is 11.2. The first-order valence-electron chi connectivity index (χ1n) is 4.43. The van der Waals surface area contributed by atoms with E-state index in [2.05, 4.69) is 17.2 Å². The normalized spacial score (nSPS) is 8.35. The number of rotatable bonds is 2. The third kappa shape index (κ3) is 7.75. The zero-order valence-electron chi connectivity index (χ0n) is 11.0. The van der Waals surface area contributed by atoms with E-state index >= 15 is 0 Å². The molecule has 1 N–H and O–H groups in total. The number of alkyl halides is 1. The Morgan fingerprint density at radius 2 is 2.24 bits per heavy atom. The van der Waals surface area contributed by atoms with Gasteiger partial charge in [0.2, 0.25) is 0 Å². The molecule has 1 aromatic rings. The number of amides is 1. The van der Waals surface area contributed by atoms with Crippen molar-refractivity contribution in [2.24, 2.45) is 0 Å². The molecular formula is C11H11CaCl2NO2. The van der Waals surface area contributed by atoms with Gasteiger partial charge in [0.1, 0.15) is 0 Å². The Labute approximate surface area is 143 Å². The van der Waals surface area contributed by atoms with E-state index in [0.29, 0.717) is 10.7 Å². The minimum Gasteiger partial charge on any atom is -1.00 e. The van der Waals surface area contributed by atoms with E-state index in [0.717, 1.165) is 0 Å². The molecule has 6 heteroatoms. The van der Waals surface area contributed by atoms with Gasteiger partial charge in [-0.1, -0.05) is 29.5 Å². The van der Waals surface area contributed by atoms with Crippen molar-refractivity contribution in [3.8, 4) is 11.8 Å². The van der Waals surface area contributed by atoms with Crippen LogP contribution in [-0.4, -0.2) is 56.3 Å². The Hall–Kier alpha value is -0.110. The average Bonchev–Trinajstić information content (AvgIpc) is 2.24. The van der Waals surface area contributed by atoms with Gasteiger partial charge in [-0.25, -0.2) is 4.79 Å². The molecule has 0 radical (unpaired) electrons. The van der Waals surface area contributed by atoms with Gasteiger partial charge in [0.05, 0.1) is 5.88 Å². The minimum absolute atomic E-state index is 0. The van der Waals surface area contributed by atoms with Crippen LogP contribution in [0, 0.1) is 11.8 Å². The number of carbonyl (C=O) groups is 1. The molecule has 0 heterocycles. The van der Waals surface area contributed by atoms with Crippen LogP contribution in [0.1, 0.15) is 2.85 Å². The van der Waals surface area contributed by atoms with Crippen molar-refractivity contribution in [2.45, 2.75) is 0 Å². The fourth-order valence-corrected chi connectivity index (χ4v) is 1.20. The van der Waals surface area contributed by atoms with Gasteiger partial charge in [-0.2, -0.15) is 0 Å². The standard InChI is InChI=1S/C11H9Cl2NO2.Ca.2H/c12-6-1-2-7-16-11(15)14-10-5-3-4-9(13)8-10;;;/h3-5,8H,6-7H2,(H,14,15);;;/q;+2;2*-1. The molecule has 3 nitrogen and oxygen atoms in total. The number of ether oxygens (including phenoxy) is 1. The first-order chi connectivity index (χ1) is 7.72. The molecular weight excluding hydrogens is 289 g/mol. The molecule has 0 atom stereocenters. The summed E-state index contributed by atoms with van der Waals surface area (Å²) >= 11 is 11.1. The van der Waals surface area contributed by atoms with Crippen LogP contribution in [0.15, 0.2) is 24.3 Å². The largest absolute Gasteiger partial charge is 2.00 e. The molecule has 1 aromatic carbocycles. The van der Waals surface area contributed by atoms with Gasteiger partial charge >= 0.3 is 43.8 Å². The fraction of sp³-hybridized carbons (Fsp3) is 0.182. The smallest absolute Gasteiger partial charge is 1.00 e. The molecule has 1 rings (SSSR count). The Morgan fingerprint density at radius 3 is 2.88 bits per heavy atom. The van der Waals surface area contributed by atoms with Crippen LogP contribution in [0.4, 0.5) is 10.5 Å². The molecule has 0 saturated heterocycles. The second-order valence-electron chi connectivity index (χ2n) is 2.70. The molecule has 0 unspecified atom stereocenters. The second kappa shape index (κ2) is 9.87. The van der Waals surface area contributed by atoms with E-state index in [1.54, 1.807) is 24.3 Å². The SMILES string of the molecule is O=C(Nc1cccc(Cl)c1)OCC#CCCl.[Ca+2].[H-].[H-]. The van der Waals surface area contributed by atoms with Gasteiger partial charge < -0.3 is 7.59 Å². The van der Waals surface area contributed by atoms with E-state index in [4.69, 9.17) is 27.9 Å². The monoisotopic (exact) mass is 299 g/mol. The number of carbonyl (C=O) groups excluding carboxylic acids is 1. The van der Waals surface area contributed by atoms with E-state index in [1.165, 1.54) is 0 Å². The van der Waals surface area contributed by atoms with Gasteiger partial charge in [-0.15, -0.1) is 11.6 Å². The van der Waals surface area contributed by atoms with E-state index in [9.17, 15) is 4.79 Å². The maximum absolute atomic E-state index is 11.2. The summed E-state index contributed by atoms with van der Waals surface area (Å²) < 4.78 is 4.76. The summed E-state index contributed by atoms with van der Waals surface area (Å²) in [5.74, 6) is 5.36. The Balaban J connectivity index is -0.000000853. The number of hydrogen-bond acceptors (Lipinski definition) is 2. The number of benzene rings is 1. The van der Waals surface area contributed by atoms with E-state index in [1.807, 2.05) is 0 Å². The predicted octanol–water partition coefficient (Wildman–Crippen LogP) is 2.97. The van der Waals surface area contributed by atoms with E-state index in [-0.39, 0.29) is 53.1 Å². The van der Waals surface area contributed by atoms with Gasteiger partial charge in [-0.05, 0) is 18.2 Å². The fourth-order valence-electron chi connectivity index (χ4n) is 0.920. The second-order valence-corrected chi connectivity index (χ2v) is 3.40. The van der Waals surface area contributed by atoms with Crippen molar-refractivity contribution < 1.29 is 12.4 Å². The Morgan fingerprint density at radius 1 is 1.47 bits per heavy atom. The number of anilines is 1. The maximum Gasteiger partial charge on any atom is 2.00 e. The van der Waals surface area contributed by atoms with Gasteiger partial charge in [0, 0.05) is 10.7 Å². The number of nitrogens with one attached hydrogen (secondary N) is 1. The summed E-state index contributed by atoms with van der Waals surface area (Å²) in [6, 6.07) is 6.76.